The number of amides is 2. The number of nitrogens with one attached hydrogen (secondary N) is 1. The van der Waals surface area contributed by atoms with Crippen molar-refractivity contribution in [2.24, 2.45) is 0 Å². The number of imide groups is 1. The van der Waals surface area contributed by atoms with Gasteiger partial charge in [0.2, 0.25) is 0 Å². The molecule has 7 nitrogen and oxygen atoms in total. The Balaban J connectivity index is 2.32. The first-order valence-corrected chi connectivity index (χ1v) is 6.30. The monoisotopic (exact) mass is 305 g/mol. The number of cyclic esters (lactones) is 1. The second-order valence-electron chi connectivity index (χ2n) is 4.18. The standard InChI is InChI=1S/C15H15NO6/c1-19-9-7-12(20-2)10(13(8-9)21-3)5-4-6-11-14(17)16-15(18)22-11/h4-8H,1-3H3,(H,16,17,18)/b5-4+,11-6+. The van der Waals surface area contributed by atoms with Crippen LogP contribution in [-0.4, -0.2) is 33.3 Å². The fourth-order valence-corrected chi connectivity index (χ4v) is 1.86. The molecule has 0 radical (unpaired) electrons. The predicted molar refractivity (Wildman–Crippen MR) is 77.8 cm³/mol. The molecule has 1 aliphatic heterocycles. The van der Waals surface area contributed by atoms with Gasteiger partial charge in [0.25, 0.3) is 5.91 Å². The van der Waals surface area contributed by atoms with Crippen LogP contribution in [0.4, 0.5) is 4.79 Å². The lowest BCUT2D eigenvalue weighted by molar-refractivity contribution is -0.116. The molecular weight excluding hydrogens is 290 g/mol. The maximum absolute atomic E-state index is 11.3. The van der Waals surface area contributed by atoms with Crippen LogP contribution in [0.25, 0.3) is 6.08 Å². The van der Waals surface area contributed by atoms with Gasteiger partial charge in [-0.25, -0.2) is 4.79 Å². The number of alkyl carbamates (subject to hydrolysis) is 1. The molecule has 0 spiro atoms. The first kappa shape index (κ1) is 15.4. The Morgan fingerprint density at radius 2 is 1.68 bits per heavy atom. The molecule has 1 aromatic carbocycles. The van der Waals surface area contributed by atoms with Crippen molar-refractivity contribution in [3.8, 4) is 17.2 Å². The molecule has 22 heavy (non-hydrogen) atoms. The van der Waals surface area contributed by atoms with Gasteiger partial charge in [0.05, 0.1) is 26.9 Å². The van der Waals surface area contributed by atoms with E-state index in [0.717, 1.165) is 0 Å². The van der Waals surface area contributed by atoms with Crippen molar-refractivity contribution in [1.82, 2.24) is 5.32 Å². The van der Waals surface area contributed by atoms with E-state index in [1.54, 1.807) is 31.4 Å². The van der Waals surface area contributed by atoms with E-state index in [9.17, 15) is 9.59 Å². The van der Waals surface area contributed by atoms with Crippen LogP contribution in [-0.2, 0) is 9.53 Å². The van der Waals surface area contributed by atoms with Gasteiger partial charge in [0.1, 0.15) is 17.2 Å². The van der Waals surface area contributed by atoms with Crippen molar-refractivity contribution in [2.45, 2.75) is 0 Å². The maximum Gasteiger partial charge on any atom is 0.419 e. The summed E-state index contributed by atoms with van der Waals surface area (Å²) < 4.78 is 20.4. The quantitative estimate of drug-likeness (QED) is 0.836. The molecule has 1 saturated heterocycles. The van der Waals surface area contributed by atoms with Crippen LogP contribution in [0.3, 0.4) is 0 Å². The lowest BCUT2D eigenvalue weighted by Crippen LogP contribution is -2.18. The van der Waals surface area contributed by atoms with E-state index in [1.807, 2.05) is 5.32 Å². The minimum absolute atomic E-state index is 0.0762. The lowest BCUT2D eigenvalue weighted by atomic mass is 10.1. The van der Waals surface area contributed by atoms with Gasteiger partial charge >= 0.3 is 6.09 Å². The van der Waals surface area contributed by atoms with Crippen molar-refractivity contribution in [2.75, 3.05) is 21.3 Å². The molecular formula is C15H15NO6. The third-order valence-corrected chi connectivity index (χ3v) is 2.91. The summed E-state index contributed by atoms with van der Waals surface area (Å²) in [6.45, 7) is 0. The number of benzene rings is 1. The molecule has 7 heteroatoms. The van der Waals surface area contributed by atoms with Gasteiger partial charge < -0.3 is 18.9 Å². The highest BCUT2D eigenvalue weighted by Gasteiger charge is 2.25. The number of carbonyl (C=O) groups is 2. The normalized spacial score (nSPS) is 15.9. The highest BCUT2D eigenvalue weighted by molar-refractivity contribution is 6.07. The van der Waals surface area contributed by atoms with Gasteiger partial charge in [-0.15, -0.1) is 0 Å². The molecule has 1 fully saturated rings. The number of hydrogen-bond donors (Lipinski definition) is 1. The zero-order valence-electron chi connectivity index (χ0n) is 12.3. The Morgan fingerprint density at radius 1 is 1.05 bits per heavy atom. The van der Waals surface area contributed by atoms with Crippen LogP contribution in [0.2, 0.25) is 0 Å². The Labute approximate surface area is 127 Å². The molecule has 1 heterocycles. The average molecular weight is 305 g/mol. The molecule has 2 amide bonds. The van der Waals surface area contributed by atoms with Gasteiger partial charge in [-0.05, 0) is 12.2 Å². The van der Waals surface area contributed by atoms with Crippen LogP contribution >= 0.6 is 0 Å². The van der Waals surface area contributed by atoms with E-state index in [1.165, 1.54) is 20.3 Å². The van der Waals surface area contributed by atoms with Crippen LogP contribution in [0.1, 0.15) is 5.56 Å². The van der Waals surface area contributed by atoms with Crippen molar-refractivity contribution in [1.29, 1.82) is 0 Å². The average Bonchev–Trinajstić information content (AvgIpc) is 2.84. The Bertz CT molecular complexity index is 637. The summed E-state index contributed by atoms with van der Waals surface area (Å²) in [5, 5.41) is 2.01. The Kier molecular flexibility index (Phi) is 4.67. The van der Waals surface area contributed by atoms with Crippen molar-refractivity contribution >= 4 is 18.1 Å². The van der Waals surface area contributed by atoms with Gasteiger partial charge in [-0.3, -0.25) is 10.1 Å². The molecule has 0 bridgehead atoms. The molecule has 0 aromatic heterocycles. The second kappa shape index (κ2) is 6.66. The summed E-state index contributed by atoms with van der Waals surface area (Å²) in [5.41, 5.74) is 0.660. The van der Waals surface area contributed by atoms with Crippen LogP contribution in [0.15, 0.2) is 30.0 Å². The SMILES string of the molecule is COc1cc(OC)c(/C=C/C=C2/OC(=O)NC2=O)c(OC)c1. The minimum Gasteiger partial charge on any atom is -0.496 e. The number of hydrogen-bond acceptors (Lipinski definition) is 6. The van der Waals surface area contributed by atoms with Gasteiger partial charge in [0, 0.05) is 12.1 Å². The van der Waals surface area contributed by atoms with Crippen LogP contribution < -0.4 is 19.5 Å². The van der Waals surface area contributed by atoms with Gasteiger partial charge in [0.15, 0.2) is 5.76 Å². The molecule has 1 aromatic rings. The fourth-order valence-electron chi connectivity index (χ4n) is 1.86. The van der Waals surface area contributed by atoms with Crippen LogP contribution in [0, 0.1) is 0 Å². The topological polar surface area (TPSA) is 83.1 Å². The lowest BCUT2D eigenvalue weighted by Gasteiger charge is -2.12. The van der Waals surface area contributed by atoms with Gasteiger partial charge in [-0.2, -0.15) is 0 Å². The number of ether oxygens (including phenoxy) is 4. The van der Waals surface area contributed by atoms with E-state index in [2.05, 4.69) is 4.74 Å². The van der Waals surface area contributed by atoms with Crippen molar-refractivity contribution < 1.29 is 28.5 Å². The zero-order valence-corrected chi connectivity index (χ0v) is 12.3. The highest BCUT2D eigenvalue weighted by Crippen LogP contribution is 2.35. The summed E-state index contributed by atoms with van der Waals surface area (Å²) in [5.74, 6) is 1.02. The molecule has 0 saturated carbocycles. The van der Waals surface area contributed by atoms with Crippen molar-refractivity contribution in [3.05, 3.63) is 35.6 Å². The van der Waals surface area contributed by atoms with E-state index >= 15 is 0 Å². The summed E-state index contributed by atoms with van der Waals surface area (Å²) in [6.07, 6.45) is 3.82. The van der Waals surface area contributed by atoms with Crippen LogP contribution in [0.5, 0.6) is 17.2 Å². The summed E-state index contributed by atoms with van der Waals surface area (Å²) in [6, 6.07) is 3.41. The van der Waals surface area contributed by atoms with E-state index in [-0.39, 0.29) is 5.76 Å². The van der Waals surface area contributed by atoms with Crippen molar-refractivity contribution in [3.63, 3.8) is 0 Å². The smallest absolute Gasteiger partial charge is 0.419 e. The molecule has 2 rings (SSSR count). The minimum atomic E-state index is -0.788. The zero-order chi connectivity index (χ0) is 16.1. The highest BCUT2D eigenvalue weighted by atomic mass is 16.6. The summed E-state index contributed by atoms with van der Waals surface area (Å²) in [7, 11) is 4.59. The largest absolute Gasteiger partial charge is 0.496 e. The molecule has 0 atom stereocenters. The summed E-state index contributed by atoms with van der Waals surface area (Å²) in [4.78, 5) is 22.2. The van der Waals surface area contributed by atoms with E-state index < -0.39 is 12.0 Å². The van der Waals surface area contributed by atoms with E-state index in [4.69, 9.17) is 14.2 Å². The summed E-state index contributed by atoms with van der Waals surface area (Å²) >= 11 is 0. The second-order valence-corrected chi connectivity index (χ2v) is 4.18. The Hall–Kier alpha value is -2.96. The maximum atomic E-state index is 11.3. The number of rotatable bonds is 5. The van der Waals surface area contributed by atoms with Gasteiger partial charge in [-0.1, -0.05) is 6.08 Å². The number of allylic oxidation sites excluding steroid dienone is 2. The molecule has 116 valence electrons. The fraction of sp³-hybridized carbons (Fsp3) is 0.200. The third-order valence-electron chi connectivity index (χ3n) is 2.91. The first-order chi connectivity index (χ1) is 10.6. The predicted octanol–water partition coefficient (Wildman–Crippen LogP) is 1.88. The molecule has 1 N–H and O–H groups in total. The first-order valence-electron chi connectivity index (χ1n) is 6.30. The molecule has 0 aliphatic carbocycles. The van der Waals surface area contributed by atoms with E-state index in [0.29, 0.717) is 22.8 Å². The molecule has 0 unspecified atom stereocenters. The Morgan fingerprint density at radius 3 is 2.14 bits per heavy atom. The third kappa shape index (κ3) is 3.20. The number of carbonyl (C=O) groups excluding carboxylic acids is 2. The number of methoxy groups -OCH3 is 3. The molecule has 1 aliphatic rings.